The average molecular weight is 452 g/mol. The molecule has 0 saturated carbocycles. The Balaban J connectivity index is 1.71. The van der Waals surface area contributed by atoms with Crippen LogP contribution in [0.5, 0.6) is 0 Å². The largest absolute Gasteiger partial charge is 0.384 e. The highest BCUT2D eigenvalue weighted by molar-refractivity contribution is 7.92. The van der Waals surface area contributed by atoms with Crippen molar-refractivity contribution in [1.29, 1.82) is 0 Å². The molecule has 0 saturated heterocycles. The third-order valence-corrected chi connectivity index (χ3v) is 8.08. The number of nitrogens with one attached hydrogen (secondary N) is 2. The van der Waals surface area contributed by atoms with Gasteiger partial charge in [0.1, 0.15) is 4.21 Å². The summed E-state index contributed by atoms with van der Waals surface area (Å²) in [5.74, 6) is 0. The number of hydrogen-bond donors (Lipinski definition) is 2. The first-order chi connectivity index (χ1) is 13.8. The lowest BCUT2D eigenvalue weighted by molar-refractivity contribution is 0.203. The summed E-state index contributed by atoms with van der Waals surface area (Å²) in [4.78, 5) is 18.5. The summed E-state index contributed by atoms with van der Waals surface area (Å²) in [6, 6.07) is 10.3. The van der Waals surface area contributed by atoms with Gasteiger partial charge < -0.3 is 4.74 Å². The van der Waals surface area contributed by atoms with E-state index in [4.69, 9.17) is 4.74 Å². The van der Waals surface area contributed by atoms with E-state index < -0.39 is 16.1 Å². The molecule has 0 spiro atoms. The molecule has 0 aliphatic heterocycles. The highest BCUT2D eigenvalue weighted by Crippen LogP contribution is 2.30. The quantitative estimate of drug-likeness (QED) is 0.561. The average Bonchev–Trinajstić information content (AvgIpc) is 3.23. The first kappa shape index (κ1) is 21.4. The number of aromatic nitrogens is 1. The second kappa shape index (κ2) is 9.04. The minimum atomic E-state index is -3.97. The Bertz CT molecular complexity index is 1110. The fourth-order valence-electron chi connectivity index (χ4n) is 2.67. The van der Waals surface area contributed by atoms with Gasteiger partial charge in [-0.1, -0.05) is 30.3 Å². The van der Waals surface area contributed by atoms with E-state index in [9.17, 15) is 13.2 Å². The predicted molar refractivity (Wildman–Crippen MR) is 116 cm³/mol. The molecular formula is C19H21N3O4S3. The summed E-state index contributed by atoms with van der Waals surface area (Å²) >= 11 is 2.42. The molecule has 0 aliphatic carbocycles. The lowest BCUT2D eigenvalue weighted by Gasteiger charge is -2.05. The van der Waals surface area contributed by atoms with Crippen LogP contribution in [0.15, 0.2) is 40.6 Å². The van der Waals surface area contributed by atoms with Crippen molar-refractivity contribution < 1.29 is 17.9 Å². The molecule has 0 atom stereocenters. The Morgan fingerprint density at radius 3 is 2.59 bits per heavy atom. The lowest BCUT2D eigenvalue weighted by atomic mass is 10.1. The Morgan fingerprint density at radius 1 is 1.17 bits per heavy atom. The molecule has 2 heterocycles. The van der Waals surface area contributed by atoms with Crippen molar-refractivity contribution in [1.82, 2.24) is 9.71 Å². The standard InChI is InChI=1S/C19H21N3O4S3/c1-12-11-16(28-15(12)9-10-26-3)29(24,25)22-18(23)21-19-20-17(13(2)27-19)14-7-5-4-6-8-14/h4-8,11H,9-10H2,1-3H3,(H2,20,21,22,23). The first-order valence-corrected chi connectivity index (χ1v) is 11.9. The smallest absolute Gasteiger partial charge is 0.334 e. The summed E-state index contributed by atoms with van der Waals surface area (Å²) in [7, 11) is -2.38. The SMILES string of the molecule is COCCc1sc(S(=O)(=O)NC(=O)Nc2nc(-c3ccccc3)c(C)s2)cc1C. The van der Waals surface area contributed by atoms with Crippen molar-refractivity contribution in [3.05, 3.63) is 51.7 Å². The van der Waals surface area contributed by atoms with E-state index in [1.54, 1.807) is 13.2 Å². The van der Waals surface area contributed by atoms with Crippen LogP contribution in [-0.4, -0.2) is 33.1 Å². The summed E-state index contributed by atoms with van der Waals surface area (Å²) in [6.07, 6.45) is 0.620. The third-order valence-electron chi connectivity index (χ3n) is 4.09. The number of carbonyl (C=O) groups is 1. The van der Waals surface area contributed by atoms with Gasteiger partial charge in [-0.3, -0.25) is 5.32 Å². The Hall–Kier alpha value is -2.27. The number of benzene rings is 1. The highest BCUT2D eigenvalue weighted by atomic mass is 32.2. The maximum atomic E-state index is 12.6. The maximum Gasteiger partial charge on any atom is 0.334 e. The summed E-state index contributed by atoms with van der Waals surface area (Å²) in [5, 5.41) is 2.85. The zero-order valence-corrected chi connectivity index (χ0v) is 18.6. The number of rotatable bonds is 7. The van der Waals surface area contributed by atoms with Gasteiger partial charge in [-0.25, -0.2) is 22.9 Å². The summed E-state index contributed by atoms with van der Waals surface area (Å²) < 4.78 is 32.3. The van der Waals surface area contributed by atoms with Gasteiger partial charge in [-0.05, 0) is 25.5 Å². The minimum absolute atomic E-state index is 0.0940. The van der Waals surface area contributed by atoms with Crippen LogP contribution in [0.4, 0.5) is 9.93 Å². The molecule has 2 N–H and O–H groups in total. The number of amides is 2. The molecule has 0 aliphatic rings. The van der Waals surface area contributed by atoms with Gasteiger partial charge in [-0.15, -0.1) is 22.7 Å². The van der Waals surface area contributed by atoms with E-state index in [1.165, 1.54) is 11.3 Å². The van der Waals surface area contributed by atoms with Crippen molar-refractivity contribution >= 4 is 43.9 Å². The number of methoxy groups -OCH3 is 1. The number of aryl methyl sites for hydroxylation is 2. The molecule has 2 aromatic heterocycles. The number of urea groups is 1. The van der Waals surface area contributed by atoms with Crippen LogP contribution in [0.1, 0.15) is 15.3 Å². The van der Waals surface area contributed by atoms with Crippen LogP contribution in [-0.2, 0) is 21.2 Å². The molecular weight excluding hydrogens is 430 g/mol. The highest BCUT2D eigenvalue weighted by Gasteiger charge is 2.22. The number of carbonyl (C=O) groups excluding carboxylic acids is 1. The Kier molecular flexibility index (Phi) is 6.68. The van der Waals surface area contributed by atoms with Crippen LogP contribution in [0.25, 0.3) is 11.3 Å². The van der Waals surface area contributed by atoms with Gasteiger partial charge in [0, 0.05) is 28.8 Å². The van der Waals surface area contributed by atoms with E-state index in [1.807, 2.05) is 44.2 Å². The number of anilines is 1. The van der Waals surface area contributed by atoms with Gasteiger partial charge in [-0.2, -0.15) is 0 Å². The van der Waals surface area contributed by atoms with E-state index in [0.717, 1.165) is 37.9 Å². The van der Waals surface area contributed by atoms with Crippen LogP contribution in [0.3, 0.4) is 0 Å². The first-order valence-electron chi connectivity index (χ1n) is 8.75. The number of nitrogens with zero attached hydrogens (tertiary/aromatic N) is 1. The number of thiophene rings is 1. The van der Waals surface area contributed by atoms with Crippen molar-refractivity contribution in [2.24, 2.45) is 0 Å². The number of thiazole rings is 1. The molecule has 2 amide bonds. The van der Waals surface area contributed by atoms with Crippen molar-refractivity contribution in [2.45, 2.75) is 24.5 Å². The second-order valence-electron chi connectivity index (χ2n) is 6.26. The Morgan fingerprint density at radius 2 is 1.90 bits per heavy atom. The summed E-state index contributed by atoms with van der Waals surface area (Å²) in [6.45, 7) is 4.24. The molecule has 0 unspecified atom stereocenters. The van der Waals surface area contributed by atoms with E-state index in [0.29, 0.717) is 18.2 Å². The molecule has 3 rings (SSSR count). The molecule has 0 fully saturated rings. The molecule has 0 radical (unpaired) electrons. The zero-order valence-electron chi connectivity index (χ0n) is 16.2. The van der Waals surface area contributed by atoms with Crippen LogP contribution < -0.4 is 10.0 Å². The number of sulfonamides is 1. The summed E-state index contributed by atoms with van der Waals surface area (Å²) in [5.41, 5.74) is 2.54. The van der Waals surface area contributed by atoms with Gasteiger partial charge in [0.2, 0.25) is 0 Å². The minimum Gasteiger partial charge on any atom is -0.384 e. The molecule has 7 nitrogen and oxygen atoms in total. The van der Waals surface area contributed by atoms with Crippen LogP contribution >= 0.6 is 22.7 Å². The number of hydrogen-bond acceptors (Lipinski definition) is 7. The molecule has 29 heavy (non-hydrogen) atoms. The lowest BCUT2D eigenvalue weighted by Crippen LogP contribution is -2.33. The molecule has 3 aromatic rings. The maximum absolute atomic E-state index is 12.6. The van der Waals surface area contributed by atoms with Gasteiger partial charge in [0.05, 0.1) is 12.3 Å². The van der Waals surface area contributed by atoms with Crippen molar-refractivity contribution in [3.8, 4) is 11.3 Å². The van der Waals surface area contributed by atoms with E-state index >= 15 is 0 Å². The number of ether oxygens (including phenoxy) is 1. The fourth-order valence-corrected chi connectivity index (χ4v) is 5.98. The molecule has 154 valence electrons. The molecule has 0 bridgehead atoms. The van der Waals surface area contributed by atoms with Gasteiger partial charge >= 0.3 is 6.03 Å². The second-order valence-corrected chi connectivity index (χ2v) is 10.5. The predicted octanol–water partition coefficient (Wildman–Crippen LogP) is 4.19. The van der Waals surface area contributed by atoms with Crippen LogP contribution in [0.2, 0.25) is 0 Å². The van der Waals surface area contributed by atoms with Crippen LogP contribution in [0, 0.1) is 13.8 Å². The fraction of sp³-hybridized carbons (Fsp3) is 0.263. The monoisotopic (exact) mass is 451 g/mol. The molecule has 10 heteroatoms. The van der Waals surface area contributed by atoms with Crippen molar-refractivity contribution in [3.63, 3.8) is 0 Å². The topological polar surface area (TPSA) is 97.4 Å². The zero-order chi connectivity index (χ0) is 21.0. The molecule has 1 aromatic carbocycles. The normalized spacial score (nSPS) is 11.4. The van der Waals surface area contributed by atoms with E-state index in [-0.39, 0.29) is 4.21 Å². The third kappa shape index (κ3) is 5.21. The van der Waals surface area contributed by atoms with Crippen molar-refractivity contribution in [2.75, 3.05) is 19.0 Å². The van der Waals surface area contributed by atoms with E-state index in [2.05, 4.69) is 15.0 Å². The van der Waals surface area contributed by atoms with Gasteiger partial charge in [0.25, 0.3) is 10.0 Å². The Labute approximate surface area is 177 Å². The van der Waals surface area contributed by atoms with Gasteiger partial charge in [0.15, 0.2) is 5.13 Å².